The van der Waals surface area contributed by atoms with Gasteiger partial charge in [0.05, 0.1) is 10.6 Å². The van der Waals surface area contributed by atoms with E-state index in [4.69, 9.17) is 11.6 Å². The van der Waals surface area contributed by atoms with E-state index in [1.54, 1.807) is 12.1 Å². The zero-order valence-electron chi connectivity index (χ0n) is 15.4. The van der Waals surface area contributed by atoms with Crippen molar-refractivity contribution >= 4 is 29.1 Å². The van der Waals surface area contributed by atoms with Crippen LogP contribution in [-0.2, 0) is 15.8 Å². The molecule has 0 aliphatic carbocycles. The highest BCUT2D eigenvalue weighted by atomic mass is 35.5. The quantitative estimate of drug-likeness (QED) is 0.598. The van der Waals surface area contributed by atoms with Gasteiger partial charge in [-0.3, -0.25) is 9.59 Å². The molecule has 0 spiro atoms. The summed E-state index contributed by atoms with van der Waals surface area (Å²) in [6.07, 6.45) is -4.96. The Kier molecular flexibility index (Phi) is 7.61. The second-order valence-electron chi connectivity index (χ2n) is 6.50. The van der Waals surface area contributed by atoms with Crippen molar-refractivity contribution in [2.24, 2.45) is 0 Å². The smallest absolute Gasteiger partial charge is 0.355 e. The first-order valence-electron chi connectivity index (χ1n) is 8.75. The van der Waals surface area contributed by atoms with Crippen LogP contribution >= 0.6 is 11.6 Å². The van der Waals surface area contributed by atoms with Crippen molar-refractivity contribution in [1.82, 2.24) is 5.32 Å². The lowest BCUT2D eigenvalue weighted by atomic mass is 10.0. The highest BCUT2D eigenvalue weighted by Crippen LogP contribution is 2.36. The van der Waals surface area contributed by atoms with E-state index in [0.717, 1.165) is 17.7 Å². The van der Waals surface area contributed by atoms with Crippen LogP contribution in [-0.4, -0.2) is 18.4 Å². The highest BCUT2D eigenvalue weighted by molar-refractivity contribution is 6.31. The van der Waals surface area contributed by atoms with Crippen LogP contribution in [0.5, 0.6) is 0 Å². The third-order valence-electron chi connectivity index (χ3n) is 4.18. The van der Waals surface area contributed by atoms with Crippen molar-refractivity contribution in [3.8, 4) is 0 Å². The fraction of sp³-hybridized carbons (Fsp3) is 0.300. The molecule has 29 heavy (non-hydrogen) atoms. The molecular weight excluding hydrogens is 412 g/mol. The molecule has 2 aromatic carbocycles. The number of nitrogens with one attached hydrogen (secondary N) is 2. The van der Waals surface area contributed by atoms with Gasteiger partial charge in [-0.15, -0.1) is 0 Å². The molecule has 156 valence electrons. The predicted octanol–water partition coefficient (Wildman–Crippen LogP) is 5.14. The maximum absolute atomic E-state index is 12.9. The Morgan fingerprint density at radius 1 is 1.03 bits per heavy atom. The zero-order valence-corrected chi connectivity index (χ0v) is 16.2. The van der Waals surface area contributed by atoms with Gasteiger partial charge in [-0.2, -0.15) is 13.2 Å². The summed E-state index contributed by atoms with van der Waals surface area (Å²) in [5, 5.41) is 4.52. The number of amides is 2. The minimum Gasteiger partial charge on any atom is -0.355 e. The molecule has 0 saturated carbocycles. The van der Waals surface area contributed by atoms with Crippen LogP contribution in [0.25, 0.3) is 0 Å². The predicted molar refractivity (Wildman–Crippen MR) is 102 cm³/mol. The standard InChI is InChI=1S/C20H19ClF4N2O2/c1-12(13-2-4-14(22)5-3-13)11-26-18(28)8-9-19(29)27-15-6-7-17(21)16(10-15)20(23,24)25/h2-7,10,12H,8-9,11H2,1H3,(H,26,28)(H,27,29). The number of alkyl halides is 3. The summed E-state index contributed by atoms with van der Waals surface area (Å²) in [5.74, 6) is -1.37. The minimum atomic E-state index is -4.64. The maximum atomic E-state index is 12.9. The van der Waals surface area contributed by atoms with E-state index in [1.807, 2.05) is 6.92 Å². The summed E-state index contributed by atoms with van der Waals surface area (Å²) < 4.78 is 51.5. The SMILES string of the molecule is CC(CNC(=O)CCC(=O)Nc1ccc(Cl)c(C(F)(F)F)c1)c1ccc(F)cc1. The molecule has 0 bridgehead atoms. The van der Waals surface area contributed by atoms with Crippen molar-refractivity contribution in [2.75, 3.05) is 11.9 Å². The van der Waals surface area contributed by atoms with Crippen LogP contribution in [0, 0.1) is 5.82 Å². The topological polar surface area (TPSA) is 58.2 Å². The number of carbonyl (C=O) groups is 2. The molecule has 1 unspecified atom stereocenters. The number of anilines is 1. The summed E-state index contributed by atoms with van der Waals surface area (Å²) >= 11 is 5.53. The molecule has 0 fully saturated rings. The van der Waals surface area contributed by atoms with Crippen molar-refractivity contribution in [2.45, 2.75) is 31.9 Å². The number of halogens is 5. The normalized spacial score (nSPS) is 12.3. The van der Waals surface area contributed by atoms with Gasteiger partial charge in [-0.1, -0.05) is 30.7 Å². The van der Waals surface area contributed by atoms with Gasteiger partial charge in [-0.05, 0) is 41.8 Å². The molecule has 0 radical (unpaired) electrons. The van der Waals surface area contributed by atoms with Crippen LogP contribution in [0.4, 0.5) is 23.2 Å². The zero-order chi connectivity index (χ0) is 21.6. The van der Waals surface area contributed by atoms with E-state index in [0.29, 0.717) is 6.54 Å². The molecule has 9 heteroatoms. The fourth-order valence-electron chi connectivity index (χ4n) is 2.54. The van der Waals surface area contributed by atoms with Gasteiger partial charge in [0.2, 0.25) is 11.8 Å². The summed E-state index contributed by atoms with van der Waals surface area (Å²) in [6, 6.07) is 8.95. The Balaban J connectivity index is 1.80. The van der Waals surface area contributed by atoms with E-state index in [1.165, 1.54) is 18.2 Å². The largest absolute Gasteiger partial charge is 0.417 e. The van der Waals surface area contributed by atoms with Crippen molar-refractivity contribution in [3.63, 3.8) is 0 Å². The number of rotatable bonds is 7. The maximum Gasteiger partial charge on any atom is 0.417 e. The fourth-order valence-corrected chi connectivity index (χ4v) is 2.76. The molecule has 0 aromatic heterocycles. The molecule has 0 saturated heterocycles. The molecule has 0 aliphatic rings. The average Bonchev–Trinajstić information content (AvgIpc) is 2.65. The molecule has 1 atom stereocenters. The Morgan fingerprint density at radius 2 is 1.66 bits per heavy atom. The summed E-state index contributed by atoms with van der Waals surface area (Å²) in [7, 11) is 0. The molecule has 2 rings (SSSR count). The molecule has 0 aliphatic heterocycles. The van der Waals surface area contributed by atoms with E-state index >= 15 is 0 Å². The lowest BCUT2D eigenvalue weighted by molar-refractivity contribution is -0.137. The lowest BCUT2D eigenvalue weighted by Gasteiger charge is -2.13. The summed E-state index contributed by atoms with van der Waals surface area (Å²) in [4.78, 5) is 23.8. The van der Waals surface area contributed by atoms with Crippen LogP contribution in [0.1, 0.15) is 36.8 Å². The molecule has 2 N–H and O–H groups in total. The number of hydrogen-bond donors (Lipinski definition) is 2. The van der Waals surface area contributed by atoms with Crippen molar-refractivity contribution < 1.29 is 27.2 Å². The van der Waals surface area contributed by atoms with Crippen LogP contribution < -0.4 is 10.6 Å². The van der Waals surface area contributed by atoms with Crippen LogP contribution in [0.15, 0.2) is 42.5 Å². The lowest BCUT2D eigenvalue weighted by Crippen LogP contribution is -2.28. The van der Waals surface area contributed by atoms with E-state index in [9.17, 15) is 27.2 Å². The third-order valence-corrected chi connectivity index (χ3v) is 4.51. The first-order chi connectivity index (χ1) is 13.6. The minimum absolute atomic E-state index is 0.0526. The van der Waals surface area contributed by atoms with E-state index in [-0.39, 0.29) is 36.2 Å². The number of hydrogen-bond acceptors (Lipinski definition) is 2. The van der Waals surface area contributed by atoms with Gasteiger partial charge in [0, 0.05) is 25.1 Å². The van der Waals surface area contributed by atoms with Gasteiger partial charge in [0.15, 0.2) is 0 Å². The second kappa shape index (κ2) is 9.73. The second-order valence-corrected chi connectivity index (χ2v) is 6.90. The molecule has 2 amide bonds. The molecule has 4 nitrogen and oxygen atoms in total. The molecule has 2 aromatic rings. The first-order valence-corrected chi connectivity index (χ1v) is 9.13. The first kappa shape index (κ1) is 22.7. The Bertz CT molecular complexity index is 870. The van der Waals surface area contributed by atoms with Gasteiger partial charge in [0.1, 0.15) is 5.82 Å². The van der Waals surface area contributed by atoms with Gasteiger partial charge in [-0.25, -0.2) is 4.39 Å². The van der Waals surface area contributed by atoms with Gasteiger partial charge < -0.3 is 10.6 Å². The van der Waals surface area contributed by atoms with Crippen molar-refractivity contribution in [3.05, 3.63) is 64.4 Å². The Morgan fingerprint density at radius 3 is 2.28 bits per heavy atom. The Labute approximate surface area is 170 Å². The van der Waals surface area contributed by atoms with Gasteiger partial charge >= 0.3 is 6.18 Å². The van der Waals surface area contributed by atoms with Crippen LogP contribution in [0.3, 0.4) is 0 Å². The number of carbonyl (C=O) groups excluding carboxylic acids is 2. The summed E-state index contributed by atoms with van der Waals surface area (Å²) in [6.45, 7) is 2.16. The molecular formula is C20H19ClF4N2O2. The number of benzene rings is 2. The van der Waals surface area contributed by atoms with E-state index < -0.39 is 22.7 Å². The van der Waals surface area contributed by atoms with Crippen molar-refractivity contribution in [1.29, 1.82) is 0 Å². The average molecular weight is 431 g/mol. The third kappa shape index (κ3) is 7.05. The Hall–Kier alpha value is -2.61. The molecule has 0 heterocycles. The van der Waals surface area contributed by atoms with Crippen LogP contribution in [0.2, 0.25) is 5.02 Å². The van der Waals surface area contributed by atoms with E-state index in [2.05, 4.69) is 10.6 Å². The highest BCUT2D eigenvalue weighted by Gasteiger charge is 2.33. The monoisotopic (exact) mass is 430 g/mol. The summed E-state index contributed by atoms with van der Waals surface area (Å²) in [5.41, 5.74) is -0.255. The van der Waals surface area contributed by atoms with Gasteiger partial charge in [0.25, 0.3) is 0 Å².